The first-order valence-electron chi connectivity index (χ1n) is 9.44. The number of aromatic nitrogens is 1. The summed E-state index contributed by atoms with van der Waals surface area (Å²) >= 11 is 0. The molecule has 2 aliphatic rings. The Balaban J connectivity index is 1.57. The van der Waals surface area contributed by atoms with E-state index < -0.39 is 0 Å². The highest BCUT2D eigenvalue weighted by Gasteiger charge is 2.36. The predicted molar refractivity (Wildman–Crippen MR) is 102 cm³/mol. The van der Waals surface area contributed by atoms with Gasteiger partial charge in [0.1, 0.15) is 0 Å². The maximum atomic E-state index is 13.4. The van der Waals surface area contributed by atoms with Crippen LogP contribution in [-0.2, 0) is 11.3 Å². The number of piperidine rings is 1. The fourth-order valence-electron chi connectivity index (χ4n) is 4.31. The van der Waals surface area contributed by atoms with E-state index in [4.69, 9.17) is 6.42 Å². The molecule has 1 aromatic carbocycles. The highest BCUT2D eigenvalue weighted by Crippen LogP contribution is 2.34. The van der Waals surface area contributed by atoms with Crippen LogP contribution in [0.25, 0.3) is 0 Å². The molecule has 1 unspecified atom stereocenters. The summed E-state index contributed by atoms with van der Waals surface area (Å²) in [7, 11) is 0. The molecule has 0 bridgehead atoms. The number of carbonyl (C=O) groups excluding carboxylic acids is 1. The van der Waals surface area contributed by atoms with Crippen LogP contribution in [0.1, 0.15) is 30.1 Å². The third-order valence-corrected chi connectivity index (χ3v) is 5.69. The minimum Gasteiger partial charge on any atom is -0.348 e. The number of likely N-dealkylation sites (tertiary alicyclic amines) is 1. The van der Waals surface area contributed by atoms with Crippen LogP contribution in [0.2, 0.25) is 0 Å². The minimum atomic E-state index is 0.0104. The molecule has 1 atom stereocenters. The average Bonchev–Trinajstić information content (AvgIpc) is 3.17. The molecule has 1 fully saturated rings. The zero-order valence-electron chi connectivity index (χ0n) is 15.1. The van der Waals surface area contributed by atoms with E-state index in [1.165, 1.54) is 11.3 Å². The molecule has 2 aliphatic heterocycles. The van der Waals surface area contributed by atoms with E-state index in [-0.39, 0.29) is 12.0 Å². The lowest BCUT2D eigenvalue weighted by Gasteiger charge is -2.40. The van der Waals surface area contributed by atoms with E-state index in [1.807, 2.05) is 6.07 Å². The van der Waals surface area contributed by atoms with Gasteiger partial charge in [0.05, 0.1) is 12.6 Å². The van der Waals surface area contributed by atoms with Crippen molar-refractivity contribution >= 4 is 5.91 Å². The van der Waals surface area contributed by atoms with Gasteiger partial charge in [-0.15, -0.1) is 6.42 Å². The van der Waals surface area contributed by atoms with Crippen molar-refractivity contribution in [2.75, 3.05) is 26.2 Å². The van der Waals surface area contributed by atoms with Gasteiger partial charge in [-0.05, 0) is 43.6 Å². The number of nitrogens with zero attached hydrogens (tertiary/aromatic N) is 3. The van der Waals surface area contributed by atoms with Crippen molar-refractivity contribution < 1.29 is 4.79 Å². The molecule has 2 aromatic rings. The molecule has 26 heavy (non-hydrogen) atoms. The molecule has 4 heteroatoms. The summed E-state index contributed by atoms with van der Waals surface area (Å²) in [5.74, 6) is 3.12. The number of hydrogen-bond donors (Lipinski definition) is 0. The summed E-state index contributed by atoms with van der Waals surface area (Å²) in [6, 6.07) is 14.6. The molecule has 0 spiro atoms. The molecule has 4 nitrogen and oxygen atoms in total. The van der Waals surface area contributed by atoms with Gasteiger partial charge in [-0.25, -0.2) is 0 Å². The van der Waals surface area contributed by atoms with E-state index in [9.17, 15) is 4.79 Å². The van der Waals surface area contributed by atoms with Crippen LogP contribution in [-0.4, -0.2) is 46.5 Å². The Kier molecular flexibility index (Phi) is 4.81. The van der Waals surface area contributed by atoms with Crippen molar-refractivity contribution in [2.24, 2.45) is 5.92 Å². The highest BCUT2D eigenvalue weighted by molar-refractivity contribution is 5.80. The first-order chi connectivity index (χ1) is 12.8. The van der Waals surface area contributed by atoms with Crippen molar-refractivity contribution in [3.05, 3.63) is 59.9 Å². The van der Waals surface area contributed by atoms with Gasteiger partial charge >= 0.3 is 0 Å². The van der Waals surface area contributed by atoms with Crippen LogP contribution >= 0.6 is 0 Å². The number of hydrogen-bond acceptors (Lipinski definition) is 2. The molecule has 0 radical (unpaired) electrons. The zero-order valence-corrected chi connectivity index (χ0v) is 15.1. The van der Waals surface area contributed by atoms with Gasteiger partial charge in [-0.1, -0.05) is 36.3 Å². The minimum absolute atomic E-state index is 0.0104. The lowest BCUT2D eigenvalue weighted by Crippen LogP contribution is -2.47. The first-order valence-corrected chi connectivity index (χ1v) is 9.44. The average molecular weight is 347 g/mol. The summed E-state index contributed by atoms with van der Waals surface area (Å²) in [4.78, 5) is 17.8. The number of rotatable bonds is 3. The van der Waals surface area contributed by atoms with Crippen molar-refractivity contribution in [1.82, 2.24) is 14.4 Å². The molecular formula is C22H25N3O. The molecule has 0 saturated carbocycles. The van der Waals surface area contributed by atoms with Gasteiger partial charge in [-0.3, -0.25) is 9.69 Å². The molecule has 3 heterocycles. The second-order valence-electron chi connectivity index (χ2n) is 7.23. The zero-order chi connectivity index (χ0) is 17.9. The van der Waals surface area contributed by atoms with Crippen LogP contribution < -0.4 is 0 Å². The van der Waals surface area contributed by atoms with Crippen LogP contribution in [0.15, 0.2) is 48.7 Å². The van der Waals surface area contributed by atoms with Crippen LogP contribution in [0.5, 0.6) is 0 Å². The molecular weight excluding hydrogens is 322 g/mol. The van der Waals surface area contributed by atoms with Gasteiger partial charge in [0.25, 0.3) is 0 Å². The Morgan fingerprint density at radius 1 is 1.04 bits per heavy atom. The van der Waals surface area contributed by atoms with Gasteiger partial charge in [0, 0.05) is 30.9 Å². The summed E-state index contributed by atoms with van der Waals surface area (Å²) in [6.07, 6.45) is 9.34. The molecule has 1 amide bonds. The highest BCUT2D eigenvalue weighted by atomic mass is 16.2. The maximum Gasteiger partial charge on any atom is 0.226 e. The van der Waals surface area contributed by atoms with Crippen molar-refractivity contribution in [1.29, 1.82) is 0 Å². The topological polar surface area (TPSA) is 28.5 Å². The summed E-state index contributed by atoms with van der Waals surface area (Å²) in [5, 5.41) is 0. The Bertz CT molecular complexity index is 796. The number of terminal acetylenes is 1. The smallest absolute Gasteiger partial charge is 0.226 e. The van der Waals surface area contributed by atoms with E-state index >= 15 is 0 Å². The number of benzene rings is 1. The molecule has 0 N–H and O–H groups in total. The van der Waals surface area contributed by atoms with Crippen molar-refractivity contribution in [3.63, 3.8) is 0 Å². The SMILES string of the molecule is C#CCN1CCC(C(=O)N2CCn3cccc3C2c2ccccc2)CC1. The van der Waals surface area contributed by atoms with Crippen LogP contribution in [0.4, 0.5) is 0 Å². The van der Waals surface area contributed by atoms with Gasteiger partial charge < -0.3 is 9.47 Å². The molecule has 1 aromatic heterocycles. The van der Waals surface area contributed by atoms with Crippen molar-refractivity contribution in [2.45, 2.75) is 25.4 Å². The lowest BCUT2D eigenvalue weighted by molar-refractivity contribution is -0.139. The van der Waals surface area contributed by atoms with E-state index in [2.05, 4.69) is 62.9 Å². The van der Waals surface area contributed by atoms with E-state index in [0.717, 1.165) is 39.0 Å². The Morgan fingerprint density at radius 3 is 2.54 bits per heavy atom. The third-order valence-electron chi connectivity index (χ3n) is 5.69. The third kappa shape index (κ3) is 3.15. The molecule has 0 aliphatic carbocycles. The normalized spacial score (nSPS) is 21.2. The summed E-state index contributed by atoms with van der Waals surface area (Å²) in [6.45, 7) is 4.16. The molecule has 4 rings (SSSR count). The summed E-state index contributed by atoms with van der Waals surface area (Å²) < 4.78 is 2.27. The van der Waals surface area contributed by atoms with Crippen molar-refractivity contribution in [3.8, 4) is 12.3 Å². The van der Waals surface area contributed by atoms with Gasteiger partial charge in [0.15, 0.2) is 0 Å². The standard InChI is InChI=1S/C22H25N3O/c1-2-12-23-14-10-19(11-15-23)22(26)25-17-16-24-13-6-9-20(24)21(25)18-7-4-3-5-8-18/h1,3-9,13,19,21H,10-12,14-17H2. The van der Waals surface area contributed by atoms with E-state index in [1.54, 1.807) is 0 Å². The monoisotopic (exact) mass is 347 g/mol. The predicted octanol–water partition coefficient (Wildman–Crippen LogP) is 2.76. The second-order valence-corrected chi connectivity index (χ2v) is 7.23. The maximum absolute atomic E-state index is 13.4. The Hall–Kier alpha value is -2.51. The number of fused-ring (bicyclic) bond motifs is 1. The van der Waals surface area contributed by atoms with Crippen LogP contribution in [0.3, 0.4) is 0 Å². The number of amides is 1. The summed E-state index contributed by atoms with van der Waals surface area (Å²) in [5.41, 5.74) is 2.39. The number of carbonyl (C=O) groups is 1. The molecule has 1 saturated heterocycles. The lowest BCUT2D eigenvalue weighted by atomic mass is 9.92. The second kappa shape index (κ2) is 7.39. The largest absolute Gasteiger partial charge is 0.348 e. The van der Waals surface area contributed by atoms with Gasteiger partial charge in [0.2, 0.25) is 5.91 Å². The van der Waals surface area contributed by atoms with Crippen LogP contribution in [0, 0.1) is 18.3 Å². The molecule has 134 valence electrons. The first kappa shape index (κ1) is 16.9. The van der Waals surface area contributed by atoms with Gasteiger partial charge in [-0.2, -0.15) is 0 Å². The Morgan fingerprint density at radius 2 is 1.81 bits per heavy atom. The fourth-order valence-corrected chi connectivity index (χ4v) is 4.31. The Labute approximate surface area is 155 Å². The quantitative estimate of drug-likeness (QED) is 0.799. The fraction of sp³-hybridized carbons (Fsp3) is 0.409. The van der Waals surface area contributed by atoms with E-state index in [0.29, 0.717) is 12.5 Å².